The molecule has 0 saturated carbocycles. The first-order valence-electron chi connectivity index (χ1n) is 6.31. The smallest absolute Gasteiger partial charge is 0.270 e. The molecule has 106 valence electrons. The molecule has 0 fully saturated rings. The number of nitrogens with zero attached hydrogens (tertiary/aromatic N) is 1. The van der Waals surface area contributed by atoms with Crippen LogP contribution in [0.15, 0.2) is 28.8 Å². The number of rotatable bonds is 4. The molecular weight excluding hydrogens is 256 g/mol. The summed E-state index contributed by atoms with van der Waals surface area (Å²) in [4.78, 5) is 16.2. The van der Waals surface area contributed by atoms with Crippen molar-refractivity contribution in [3.05, 3.63) is 47.2 Å². The lowest BCUT2D eigenvalue weighted by Gasteiger charge is -2.13. The van der Waals surface area contributed by atoms with E-state index in [1.807, 2.05) is 26.8 Å². The molecule has 0 aliphatic rings. The third kappa shape index (κ3) is 2.97. The molecule has 1 amide bonds. The fourth-order valence-electron chi connectivity index (χ4n) is 2.07. The molecule has 6 nitrogen and oxygen atoms in total. The van der Waals surface area contributed by atoms with Gasteiger partial charge in [-0.15, -0.1) is 0 Å². The van der Waals surface area contributed by atoms with Crippen LogP contribution in [0.2, 0.25) is 0 Å². The maximum absolute atomic E-state index is 12.1. The number of hydrogen-bond acceptors (Lipinski definition) is 5. The highest BCUT2D eigenvalue weighted by Crippen LogP contribution is 2.21. The summed E-state index contributed by atoms with van der Waals surface area (Å²) in [7, 11) is 0. The van der Waals surface area contributed by atoms with E-state index < -0.39 is 0 Å². The second-order valence-corrected chi connectivity index (χ2v) is 4.64. The number of carbonyl (C=O) groups is 1. The Morgan fingerprint density at radius 3 is 2.75 bits per heavy atom. The van der Waals surface area contributed by atoms with Gasteiger partial charge in [-0.1, -0.05) is 0 Å². The quantitative estimate of drug-likeness (QED) is 0.586. The van der Waals surface area contributed by atoms with Gasteiger partial charge in [0.25, 0.3) is 5.91 Å². The third-order valence-corrected chi connectivity index (χ3v) is 3.05. The first-order valence-corrected chi connectivity index (χ1v) is 6.31. The number of aromatic nitrogens is 1. The van der Waals surface area contributed by atoms with Crippen LogP contribution in [0.4, 0.5) is 5.69 Å². The lowest BCUT2D eigenvalue weighted by atomic mass is 10.1. The molecule has 0 saturated heterocycles. The van der Waals surface area contributed by atoms with Crippen LogP contribution in [0.3, 0.4) is 0 Å². The molecule has 4 N–H and O–H groups in total. The van der Waals surface area contributed by atoms with Gasteiger partial charge in [0.1, 0.15) is 17.2 Å². The zero-order valence-electron chi connectivity index (χ0n) is 11.7. The number of hydrazine groups is 1. The Bertz CT molecular complexity index is 621. The molecule has 2 heterocycles. The molecule has 0 aromatic carbocycles. The van der Waals surface area contributed by atoms with Crippen LogP contribution in [0, 0.1) is 13.8 Å². The molecule has 0 aliphatic carbocycles. The molecule has 0 aliphatic heterocycles. The van der Waals surface area contributed by atoms with Crippen molar-refractivity contribution in [3.63, 3.8) is 0 Å². The fraction of sp³-hybridized carbons (Fsp3) is 0.286. The van der Waals surface area contributed by atoms with Crippen LogP contribution in [-0.4, -0.2) is 10.9 Å². The van der Waals surface area contributed by atoms with Crippen LogP contribution in [0.1, 0.15) is 40.5 Å². The largest absolute Gasteiger partial charge is 0.466 e. The van der Waals surface area contributed by atoms with Gasteiger partial charge in [0.15, 0.2) is 0 Å². The highest BCUT2D eigenvalue weighted by atomic mass is 16.3. The number of nitrogens with one attached hydrogen (secondary N) is 2. The Balaban J connectivity index is 2.12. The lowest BCUT2D eigenvalue weighted by Crippen LogP contribution is -2.27. The van der Waals surface area contributed by atoms with Crippen LogP contribution >= 0.6 is 0 Å². The minimum absolute atomic E-state index is 0.156. The maximum atomic E-state index is 12.1. The minimum Gasteiger partial charge on any atom is -0.466 e. The van der Waals surface area contributed by atoms with Crippen LogP contribution < -0.4 is 16.6 Å². The lowest BCUT2D eigenvalue weighted by molar-refractivity contribution is 0.0934. The number of aryl methyl sites for hydroxylation is 2. The maximum Gasteiger partial charge on any atom is 0.270 e. The molecule has 2 aromatic rings. The number of carbonyl (C=O) groups excluding carboxylic acids is 1. The van der Waals surface area contributed by atoms with Crippen molar-refractivity contribution < 1.29 is 9.21 Å². The summed E-state index contributed by atoms with van der Waals surface area (Å²) in [6.45, 7) is 5.66. The molecular formula is C14H18N4O2. The van der Waals surface area contributed by atoms with E-state index in [0.717, 1.165) is 17.1 Å². The van der Waals surface area contributed by atoms with Crippen molar-refractivity contribution in [1.82, 2.24) is 10.3 Å². The van der Waals surface area contributed by atoms with E-state index in [9.17, 15) is 4.79 Å². The van der Waals surface area contributed by atoms with Crippen molar-refractivity contribution in [2.45, 2.75) is 26.8 Å². The van der Waals surface area contributed by atoms with E-state index in [1.165, 1.54) is 6.20 Å². The summed E-state index contributed by atoms with van der Waals surface area (Å²) >= 11 is 0. The van der Waals surface area contributed by atoms with E-state index >= 15 is 0 Å². The van der Waals surface area contributed by atoms with Gasteiger partial charge in [0.05, 0.1) is 11.7 Å². The first kappa shape index (κ1) is 14.1. The van der Waals surface area contributed by atoms with Crippen molar-refractivity contribution in [2.75, 3.05) is 5.43 Å². The zero-order chi connectivity index (χ0) is 14.7. The van der Waals surface area contributed by atoms with Crippen LogP contribution in [0.25, 0.3) is 0 Å². The summed E-state index contributed by atoms with van der Waals surface area (Å²) < 4.78 is 5.47. The van der Waals surface area contributed by atoms with Gasteiger partial charge >= 0.3 is 0 Å². The Morgan fingerprint density at radius 1 is 1.40 bits per heavy atom. The summed E-state index contributed by atoms with van der Waals surface area (Å²) in [5, 5.41) is 2.89. The monoisotopic (exact) mass is 274 g/mol. The number of amides is 1. The van der Waals surface area contributed by atoms with Gasteiger partial charge in [-0.3, -0.25) is 15.6 Å². The average Bonchev–Trinajstić information content (AvgIpc) is 2.77. The summed E-state index contributed by atoms with van der Waals surface area (Å²) in [6, 6.07) is 5.04. The van der Waals surface area contributed by atoms with E-state index in [4.69, 9.17) is 10.3 Å². The van der Waals surface area contributed by atoms with E-state index in [1.54, 1.807) is 12.1 Å². The summed E-state index contributed by atoms with van der Waals surface area (Å²) in [5.41, 5.74) is 4.39. The molecule has 1 unspecified atom stereocenters. The number of furan rings is 1. The molecule has 0 radical (unpaired) electrons. The number of anilines is 1. The topological polar surface area (TPSA) is 93.2 Å². The van der Waals surface area contributed by atoms with Crippen LogP contribution in [0.5, 0.6) is 0 Å². The molecule has 20 heavy (non-hydrogen) atoms. The van der Waals surface area contributed by atoms with E-state index in [2.05, 4.69) is 15.7 Å². The molecule has 6 heteroatoms. The predicted molar refractivity (Wildman–Crippen MR) is 76.1 cm³/mol. The van der Waals surface area contributed by atoms with Gasteiger partial charge in [0.2, 0.25) is 0 Å². The summed E-state index contributed by atoms with van der Waals surface area (Å²) in [6.07, 6.45) is 1.53. The SMILES string of the molecule is Cc1cc(C(C)NC(=O)c2cc(NN)ccn2)c(C)o1. The molecule has 0 bridgehead atoms. The first-order chi connectivity index (χ1) is 9.51. The summed E-state index contributed by atoms with van der Waals surface area (Å²) in [5.74, 6) is 6.69. The van der Waals surface area contributed by atoms with E-state index in [-0.39, 0.29) is 11.9 Å². The number of nitrogens with two attached hydrogens (primary N) is 1. The molecule has 0 spiro atoms. The number of pyridine rings is 1. The van der Waals surface area contributed by atoms with E-state index in [0.29, 0.717) is 11.4 Å². The van der Waals surface area contributed by atoms with Crippen molar-refractivity contribution in [2.24, 2.45) is 5.84 Å². The predicted octanol–water partition coefficient (Wildman–Crippen LogP) is 2.07. The second kappa shape index (κ2) is 5.75. The van der Waals surface area contributed by atoms with Gasteiger partial charge in [0, 0.05) is 11.8 Å². The standard InChI is InChI=1S/C14H18N4O2/c1-8-6-12(10(3)20-8)9(2)17-14(19)13-7-11(18-15)4-5-16-13/h4-7,9H,15H2,1-3H3,(H,16,18)(H,17,19). The highest BCUT2D eigenvalue weighted by Gasteiger charge is 2.16. The molecule has 2 aromatic heterocycles. The molecule has 2 rings (SSSR count). The van der Waals surface area contributed by atoms with Gasteiger partial charge < -0.3 is 15.2 Å². The zero-order valence-corrected chi connectivity index (χ0v) is 11.7. The molecule has 1 atom stereocenters. The Morgan fingerprint density at radius 2 is 2.15 bits per heavy atom. The van der Waals surface area contributed by atoms with Gasteiger partial charge in [-0.2, -0.15) is 0 Å². The normalized spacial score (nSPS) is 12.0. The Labute approximate surface area is 117 Å². The minimum atomic E-state index is -0.257. The fourth-order valence-corrected chi connectivity index (χ4v) is 2.07. The number of nitrogen functional groups attached to an aromatic ring is 1. The van der Waals surface area contributed by atoms with Crippen LogP contribution in [-0.2, 0) is 0 Å². The van der Waals surface area contributed by atoms with Crippen molar-refractivity contribution in [1.29, 1.82) is 0 Å². The Kier molecular flexibility index (Phi) is 4.05. The van der Waals surface area contributed by atoms with Crippen molar-refractivity contribution in [3.8, 4) is 0 Å². The Hall–Kier alpha value is -2.34. The number of hydrogen-bond donors (Lipinski definition) is 3. The second-order valence-electron chi connectivity index (χ2n) is 4.64. The average molecular weight is 274 g/mol. The van der Waals surface area contributed by atoms with Crippen molar-refractivity contribution >= 4 is 11.6 Å². The van der Waals surface area contributed by atoms with Gasteiger partial charge in [-0.25, -0.2) is 0 Å². The van der Waals surface area contributed by atoms with Gasteiger partial charge in [-0.05, 0) is 39.0 Å². The third-order valence-electron chi connectivity index (χ3n) is 3.05. The highest BCUT2D eigenvalue weighted by molar-refractivity contribution is 5.93.